The maximum atomic E-state index is 12.3. The number of halogens is 1. The summed E-state index contributed by atoms with van der Waals surface area (Å²) < 4.78 is 31.5. The minimum Gasteiger partial charge on any atom is -0.496 e. The summed E-state index contributed by atoms with van der Waals surface area (Å²) >= 11 is 5.83. The molecule has 7 nitrogen and oxygen atoms in total. The van der Waals surface area contributed by atoms with Crippen molar-refractivity contribution in [1.82, 2.24) is 4.72 Å². The van der Waals surface area contributed by atoms with E-state index < -0.39 is 15.9 Å². The van der Waals surface area contributed by atoms with E-state index in [0.717, 1.165) is 0 Å². The fourth-order valence-corrected chi connectivity index (χ4v) is 3.03. The number of rotatable bonds is 6. The molecule has 0 unspecified atom stereocenters. The van der Waals surface area contributed by atoms with E-state index >= 15 is 0 Å². The van der Waals surface area contributed by atoms with Crippen molar-refractivity contribution in [2.24, 2.45) is 0 Å². The summed E-state index contributed by atoms with van der Waals surface area (Å²) in [6.07, 6.45) is 0.469. The molecule has 9 heteroatoms. The first-order chi connectivity index (χ1) is 11.4. The Labute approximate surface area is 143 Å². The number of sulfonamides is 1. The molecule has 2 aromatic carbocycles. The molecule has 2 N–H and O–H groups in total. The molecule has 24 heavy (non-hydrogen) atoms. The molecule has 0 spiro atoms. The minimum atomic E-state index is -4.09. The Morgan fingerprint density at radius 1 is 1.17 bits per heavy atom. The molecule has 2 aromatic rings. The number of nitrogens with one attached hydrogen (secondary N) is 2. The molecule has 0 aliphatic heterocycles. The van der Waals surface area contributed by atoms with E-state index in [4.69, 9.17) is 16.3 Å². The number of benzene rings is 2. The maximum Gasteiger partial charge on any atom is 0.268 e. The number of carbonyl (C=O) groups excluding carboxylic acids is 2. The number of anilines is 1. The van der Waals surface area contributed by atoms with Crippen LogP contribution >= 0.6 is 11.6 Å². The average Bonchev–Trinajstić information content (AvgIpc) is 2.55. The highest BCUT2D eigenvalue weighted by molar-refractivity contribution is 7.90. The Hall–Kier alpha value is -2.58. The van der Waals surface area contributed by atoms with Crippen LogP contribution in [0.25, 0.3) is 0 Å². The van der Waals surface area contributed by atoms with E-state index in [1.165, 1.54) is 49.6 Å². The quantitative estimate of drug-likeness (QED) is 0.760. The largest absolute Gasteiger partial charge is 0.496 e. The van der Waals surface area contributed by atoms with Crippen molar-refractivity contribution < 1.29 is 22.7 Å². The standard InChI is InChI=1S/C15H13ClN2O5S/c1-23-14-7-2-10(16)8-13(14)15(20)18-24(21,22)12-5-3-11(4-6-12)17-9-19/h2-9H,1H3,(H,17,19)(H,18,20). The first-order valence-electron chi connectivity index (χ1n) is 6.58. The zero-order valence-corrected chi connectivity index (χ0v) is 14.0. The van der Waals surface area contributed by atoms with Crippen LogP contribution in [0.15, 0.2) is 47.4 Å². The topological polar surface area (TPSA) is 102 Å². The van der Waals surface area contributed by atoms with Gasteiger partial charge in [0.1, 0.15) is 5.75 Å². The summed E-state index contributed by atoms with van der Waals surface area (Å²) in [6, 6.07) is 9.60. The van der Waals surface area contributed by atoms with Crippen LogP contribution in [0.2, 0.25) is 5.02 Å². The number of carbonyl (C=O) groups is 2. The number of methoxy groups -OCH3 is 1. The predicted octanol–water partition coefficient (Wildman–Crippen LogP) is 2.04. The highest BCUT2D eigenvalue weighted by atomic mass is 35.5. The summed E-state index contributed by atoms with van der Waals surface area (Å²) in [5.74, 6) is -0.679. The van der Waals surface area contributed by atoms with E-state index in [2.05, 4.69) is 5.32 Å². The number of hydrogen-bond acceptors (Lipinski definition) is 5. The molecule has 0 bridgehead atoms. The second-order valence-corrected chi connectivity index (χ2v) is 6.68. The SMILES string of the molecule is COc1ccc(Cl)cc1C(=O)NS(=O)(=O)c1ccc(NC=O)cc1. The lowest BCUT2D eigenvalue weighted by Crippen LogP contribution is -2.30. The molecule has 0 aliphatic carbocycles. The Balaban J connectivity index is 2.27. The van der Waals surface area contributed by atoms with Crippen LogP contribution in [-0.4, -0.2) is 27.8 Å². The molecular weight excluding hydrogens is 356 g/mol. The van der Waals surface area contributed by atoms with Gasteiger partial charge in [-0.2, -0.15) is 0 Å². The molecule has 0 saturated carbocycles. The fourth-order valence-electron chi connectivity index (χ4n) is 1.89. The van der Waals surface area contributed by atoms with Crippen molar-refractivity contribution in [2.75, 3.05) is 12.4 Å². The van der Waals surface area contributed by atoms with Gasteiger partial charge in [-0.25, -0.2) is 13.1 Å². The van der Waals surface area contributed by atoms with E-state index in [9.17, 15) is 18.0 Å². The van der Waals surface area contributed by atoms with Gasteiger partial charge < -0.3 is 10.1 Å². The Kier molecular flexibility index (Phi) is 5.42. The molecule has 2 amide bonds. The van der Waals surface area contributed by atoms with Crippen molar-refractivity contribution in [2.45, 2.75) is 4.90 Å². The Morgan fingerprint density at radius 3 is 2.42 bits per heavy atom. The lowest BCUT2D eigenvalue weighted by atomic mass is 10.2. The van der Waals surface area contributed by atoms with Crippen molar-refractivity contribution in [1.29, 1.82) is 0 Å². The van der Waals surface area contributed by atoms with Gasteiger partial charge in [-0.3, -0.25) is 9.59 Å². The zero-order chi connectivity index (χ0) is 17.7. The van der Waals surface area contributed by atoms with Gasteiger partial charge in [0, 0.05) is 10.7 Å². The molecule has 2 rings (SSSR count). The van der Waals surface area contributed by atoms with Crippen LogP contribution in [-0.2, 0) is 14.8 Å². The first kappa shape index (κ1) is 17.8. The van der Waals surface area contributed by atoms with Gasteiger partial charge in [-0.05, 0) is 42.5 Å². The van der Waals surface area contributed by atoms with Crippen LogP contribution < -0.4 is 14.8 Å². The van der Waals surface area contributed by atoms with Crippen molar-refractivity contribution in [3.8, 4) is 5.75 Å². The molecule has 0 aliphatic rings. The second kappa shape index (κ2) is 7.33. The molecule has 0 saturated heterocycles. The third-order valence-electron chi connectivity index (χ3n) is 3.02. The molecule has 0 aromatic heterocycles. The number of amides is 2. The van der Waals surface area contributed by atoms with E-state index in [1.807, 2.05) is 4.72 Å². The van der Waals surface area contributed by atoms with Gasteiger partial charge in [-0.15, -0.1) is 0 Å². The molecular formula is C15H13ClN2O5S. The van der Waals surface area contributed by atoms with Crippen molar-refractivity contribution >= 4 is 39.6 Å². The predicted molar refractivity (Wildman–Crippen MR) is 88.8 cm³/mol. The van der Waals surface area contributed by atoms with Gasteiger partial charge in [0.15, 0.2) is 0 Å². The molecule has 0 fully saturated rings. The van der Waals surface area contributed by atoms with E-state index in [1.54, 1.807) is 0 Å². The molecule has 0 heterocycles. The van der Waals surface area contributed by atoms with Gasteiger partial charge in [0.2, 0.25) is 6.41 Å². The summed E-state index contributed by atoms with van der Waals surface area (Å²) in [5.41, 5.74) is 0.416. The number of hydrogen-bond donors (Lipinski definition) is 2. The highest BCUT2D eigenvalue weighted by Gasteiger charge is 2.21. The third-order valence-corrected chi connectivity index (χ3v) is 4.61. The lowest BCUT2D eigenvalue weighted by molar-refractivity contribution is -0.105. The smallest absolute Gasteiger partial charge is 0.268 e. The van der Waals surface area contributed by atoms with Crippen LogP contribution in [0.4, 0.5) is 5.69 Å². The van der Waals surface area contributed by atoms with Crippen LogP contribution in [0, 0.1) is 0 Å². The molecule has 126 valence electrons. The Morgan fingerprint density at radius 2 is 1.83 bits per heavy atom. The monoisotopic (exact) mass is 368 g/mol. The Bertz CT molecular complexity index is 866. The number of ether oxygens (including phenoxy) is 1. The van der Waals surface area contributed by atoms with E-state index in [-0.39, 0.29) is 21.2 Å². The third kappa shape index (κ3) is 4.03. The van der Waals surface area contributed by atoms with Crippen LogP contribution in [0.3, 0.4) is 0 Å². The van der Waals surface area contributed by atoms with Gasteiger partial charge in [-0.1, -0.05) is 11.6 Å². The van der Waals surface area contributed by atoms with E-state index in [0.29, 0.717) is 12.1 Å². The minimum absolute atomic E-state index is 0.00665. The van der Waals surface area contributed by atoms with Gasteiger partial charge in [0.25, 0.3) is 15.9 Å². The highest BCUT2D eigenvalue weighted by Crippen LogP contribution is 2.23. The summed E-state index contributed by atoms with van der Waals surface area (Å²) in [6.45, 7) is 0. The maximum absolute atomic E-state index is 12.3. The van der Waals surface area contributed by atoms with Crippen LogP contribution in [0.5, 0.6) is 5.75 Å². The first-order valence-corrected chi connectivity index (χ1v) is 8.44. The molecule has 0 radical (unpaired) electrons. The van der Waals surface area contributed by atoms with Gasteiger partial charge in [0.05, 0.1) is 17.6 Å². The van der Waals surface area contributed by atoms with Crippen molar-refractivity contribution in [3.05, 3.63) is 53.1 Å². The van der Waals surface area contributed by atoms with Crippen molar-refractivity contribution in [3.63, 3.8) is 0 Å². The lowest BCUT2D eigenvalue weighted by Gasteiger charge is -2.10. The molecule has 0 atom stereocenters. The summed E-state index contributed by atoms with van der Waals surface area (Å²) in [5, 5.41) is 2.65. The average molecular weight is 369 g/mol. The fraction of sp³-hybridized carbons (Fsp3) is 0.0667. The summed E-state index contributed by atoms with van der Waals surface area (Å²) in [7, 11) is -2.74. The second-order valence-electron chi connectivity index (χ2n) is 4.57. The zero-order valence-electron chi connectivity index (χ0n) is 12.4. The normalized spacial score (nSPS) is 10.8. The van der Waals surface area contributed by atoms with Gasteiger partial charge >= 0.3 is 0 Å². The summed E-state index contributed by atoms with van der Waals surface area (Å²) in [4.78, 5) is 22.5. The van der Waals surface area contributed by atoms with Crippen LogP contribution in [0.1, 0.15) is 10.4 Å².